The third kappa shape index (κ3) is 3.85. The van der Waals surface area contributed by atoms with Gasteiger partial charge < -0.3 is 20.0 Å². The lowest BCUT2D eigenvalue weighted by Crippen LogP contribution is -2.33. The van der Waals surface area contributed by atoms with E-state index >= 15 is 0 Å². The number of carbonyl (C=O) groups is 3. The van der Waals surface area contributed by atoms with Gasteiger partial charge in [0, 0.05) is 12.4 Å². The maximum Gasteiger partial charge on any atom is 0.350 e. The molecule has 0 spiro atoms. The zero-order chi connectivity index (χ0) is 16.2. The minimum Gasteiger partial charge on any atom is -0.550 e. The van der Waals surface area contributed by atoms with Crippen LogP contribution in [0.3, 0.4) is 0 Å². The van der Waals surface area contributed by atoms with E-state index in [2.05, 4.69) is 10.1 Å². The van der Waals surface area contributed by atoms with Gasteiger partial charge in [-0.25, -0.2) is 4.79 Å². The Kier molecular flexibility index (Phi) is 5.18. The SMILES string of the molecule is COC(=O)c1sccc1NC(=O)CC1(CC(=O)[O-])CCCC1. The van der Waals surface area contributed by atoms with Crippen LogP contribution in [0.15, 0.2) is 11.4 Å². The molecule has 1 aromatic rings. The number of carbonyl (C=O) groups excluding carboxylic acids is 3. The molecule has 120 valence electrons. The molecule has 0 radical (unpaired) electrons. The molecule has 2 rings (SSSR count). The molecule has 0 unspecified atom stereocenters. The van der Waals surface area contributed by atoms with Crippen LogP contribution in [-0.4, -0.2) is 25.0 Å². The molecule has 1 amide bonds. The number of nitrogens with one attached hydrogen (secondary N) is 1. The van der Waals surface area contributed by atoms with E-state index in [0.717, 1.165) is 12.8 Å². The number of anilines is 1. The van der Waals surface area contributed by atoms with Gasteiger partial charge >= 0.3 is 5.97 Å². The summed E-state index contributed by atoms with van der Waals surface area (Å²) in [5, 5.41) is 15.3. The first-order chi connectivity index (χ1) is 10.5. The van der Waals surface area contributed by atoms with Gasteiger partial charge in [0.1, 0.15) is 4.88 Å². The number of rotatable bonds is 6. The lowest BCUT2D eigenvalue weighted by atomic mass is 9.79. The number of amides is 1. The summed E-state index contributed by atoms with van der Waals surface area (Å²) in [4.78, 5) is 35.1. The number of hydrogen-bond acceptors (Lipinski definition) is 6. The molecule has 7 heteroatoms. The Morgan fingerprint density at radius 1 is 1.32 bits per heavy atom. The van der Waals surface area contributed by atoms with Gasteiger partial charge in [-0.05, 0) is 36.1 Å². The largest absolute Gasteiger partial charge is 0.550 e. The van der Waals surface area contributed by atoms with Crippen molar-refractivity contribution in [3.8, 4) is 0 Å². The normalized spacial score (nSPS) is 16.2. The standard InChI is InChI=1S/C15H19NO5S/c1-21-14(20)13-10(4-7-22-13)16-11(17)8-15(9-12(18)19)5-2-3-6-15/h4,7H,2-3,5-6,8-9H2,1H3,(H,16,17)(H,18,19)/p-1. The minimum atomic E-state index is -1.12. The van der Waals surface area contributed by atoms with E-state index in [1.807, 2.05) is 0 Å². The second-order valence-corrected chi connectivity index (χ2v) is 6.55. The summed E-state index contributed by atoms with van der Waals surface area (Å²) in [7, 11) is 1.28. The monoisotopic (exact) mass is 324 g/mol. The molecule has 0 bridgehead atoms. The maximum atomic E-state index is 12.2. The topological polar surface area (TPSA) is 95.5 Å². The minimum absolute atomic E-state index is 0.103. The van der Waals surface area contributed by atoms with E-state index in [1.165, 1.54) is 18.4 Å². The van der Waals surface area contributed by atoms with E-state index in [1.54, 1.807) is 11.4 Å². The van der Waals surface area contributed by atoms with Gasteiger partial charge in [0.2, 0.25) is 5.91 Å². The van der Waals surface area contributed by atoms with Gasteiger partial charge in [-0.2, -0.15) is 0 Å². The summed E-state index contributed by atoms with van der Waals surface area (Å²) in [5.41, 5.74) is -0.117. The maximum absolute atomic E-state index is 12.2. The van der Waals surface area contributed by atoms with Gasteiger partial charge in [-0.1, -0.05) is 12.8 Å². The van der Waals surface area contributed by atoms with Crippen LogP contribution in [0.2, 0.25) is 0 Å². The van der Waals surface area contributed by atoms with Crippen LogP contribution in [0.1, 0.15) is 48.2 Å². The first kappa shape index (κ1) is 16.5. The predicted molar refractivity (Wildman–Crippen MR) is 79.4 cm³/mol. The first-order valence-corrected chi connectivity index (χ1v) is 7.99. The Labute approximate surface area is 132 Å². The second kappa shape index (κ2) is 6.91. The molecular formula is C15H18NO5S-. The molecule has 1 fully saturated rings. The molecular weight excluding hydrogens is 306 g/mol. The van der Waals surface area contributed by atoms with Crippen LogP contribution in [0.25, 0.3) is 0 Å². The Hall–Kier alpha value is -1.89. The van der Waals surface area contributed by atoms with Crippen LogP contribution in [-0.2, 0) is 14.3 Å². The fraction of sp³-hybridized carbons (Fsp3) is 0.533. The van der Waals surface area contributed by atoms with Crippen molar-refractivity contribution < 1.29 is 24.2 Å². The molecule has 1 aromatic heterocycles. The molecule has 0 atom stereocenters. The average Bonchev–Trinajstić information content (AvgIpc) is 3.07. The fourth-order valence-electron chi connectivity index (χ4n) is 3.04. The number of thiophene rings is 1. The summed E-state index contributed by atoms with van der Waals surface area (Å²) in [6.45, 7) is 0. The van der Waals surface area contributed by atoms with Gasteiger partial charge in [0.15, 0.2) is 0 Å². The summed E-state index contributed by atoms with van der Waals surface area (Å²) < 4.78 is 4.66. The highest BCUT2D eigenvalue weighted by Crippen LogP contribution is 2.44. The molecule has 0 aromatic carbocycles. The lowest BCUT2D eigenvalue weighted by Gasteiger charge is -2.28. The Morgan fingerprint density at radius 3 is 2.59 bits per heavy atom. The third-order valence-electron chi connectivity index (χ3n) is 4.03. The van der Waals surface area contributed by atoms with Crippen molar-refractivity contribution in [1.29, 1.82) is 0 Å². The molecule has 6 nitrogen and oxygen atoms in total. The molecule has 22 heavy (non-hydrogen) atoms. The van der Waals surface area contributed by atoms with Crippen molar-refractivity contribution in [2.45, 2.75) is 38.5 Å². The quantitative estimate of drug-likeness (QED) is 0.801. The number of ether oxygens (including phenoxy) is 1. The highest BCUT2D eigenvalue weighted by Gasteiger charge is 2.36. The molecule has 0 saturated heterocycles. The van der Waals surface area contributed by atoms with Gasteiger partial charge in [-0.15, -0.1) is 11.3 Å². The van der Waals surface area contributed by atoms with Crippen LogP contribution in [0, 0.1) is 5.41 Å². The van der Waals surface area contributed by atoms with Crippen LogP contribution in [0.5, 0.6) is 0 Å². The number of esters is 1. The van der Waals surface area contributed by atoms with Crippen LogP contribution >= 0.6 is 11.3 Å². The predicted octanol–water partition coefficient (Wildman–Crippen LogP) is 1.56. The molecule has 1 saturated carbocycles. The Balaban J connectivity index is 2.04. The molecule has 1 aliphatic carbocycles. The van der Waals surface area contributed by atoms with Gasteiger partial charge in [0.05, 0.1) is 12.8 Å². The zero-order valence-electron chi connectivity index (χ0n) is 12.3. The fourth-order valence-corrected chi connectivity index (χ4v) is 3.81. The Morgan fingerprint density at radius 2 is 2.00 bits per heavy atom. The van der Waals surface area contributed by atoms with E-state index < -0.39 is 17.4 Å². The summed E-state index contributed by atoms with van der Waals surface area (Å²) in [5.74, 6) is -1.91. The summed E-state index contributed by atoms with van der Waals surface area (Å²) in [6, 6.07) is 1.63. The number of aliphatic carboxylic acids is 1. The van der Waals surface area contributed by atoms with E-state index in [-0.39, 0.29) is 18.7 Å². The van der Waals surface area contributed by atoms with Crippen molar-refractivity contribution in [1.82, 2.24) is 0 Å². The van der Waals surface area contributed by atoms with Crippen molar-refractivity contribution in [3.05, 3.63) is 16.3 Å². The number of carboxylic acid groups (broad SMARTS) is 1. The van der Waals surface area contributed by atoms with E-state index in [0.29, 0.717) is 23.4 Å². The van der Waals surface area contributed by atoms with Gasteiger partial charge in [-0.3, -0.25) is 4.79 Å². The molecule has 1 aliphatic rings. The highest BCUT2D eigenvalue weighted by molar-refractivity contribution is 7.12. The molecule has 1 N–H and O–H groups in total. The van der Waals surface area contributed by atoms with Crippen LogP contribution < -0.4 is 10.4 Å². The molecule has 1 heterocycles. The average molecular weight is 324 g/mol. The van der Waals surface area contributed by atoms with E-state index in [4.69, 9.17) is 0 Å². The van der Waals surface area contributed by atoms with Gasteiger partial charge in [0.25, 0.3) is 0 Å². The zero-order valence-corrected chi connectivity index (χ0v) is 13.2. The summed E-state index contributed by atoms with van der Waals surface area (Å²) in [6.07, 6.45) is 3.29. The second-order valence-electron chi connectivity index (χ2n) is 5.64. The van der Waals surface area contributed by atoms with Crippen molar-refractivity contribution in [2.24, 2.45) is 5.41 Å². The highest BCUT2D eigenvalue weighted by atomic mass is 32.1. The first-order valence-electron chi connectivity index (χ1n) is 7.11. The molecule has 0 aliphatic heterocycles. The van der Waals surface area contributed by atoms with Crippen molar-refractivity contribution in [2.75, 3.05) is 12.4 Å². The number of carboxylic acids is 1. The Bertz CT molecular complexity index is 574. The summed E-state index contributed by atoms with van der Waals surface area (Å²) >= 11 is 1.18. The van der Waals surface area contributed by atoms with Crippen molar-refractivity contribution >= 4 is 34.9 Å². The number of methoxy groups -OCH3 is 1. The lowest BCUT2D eigenvalue weighted by molar-refractivity contribution is -0.308. The smallest absolute Gasteiger partial charge is 0.350 e. The van der Waals surface area contributed by atoms with Crippen LogP contribution in [0.4, 0.5) is 5.69 Å². The number of hydrogen-bond donors (Lipinski definition) is 1. The third-order valence-corrected chi connectivity index (χ3v) is 4.92. The van der Waals surface area contributed by atoms with E-state index in [9.17, 15) is 19.5 Å². The van der Waals surface area contributed by atoms with Crippen molar-refractivity contribution in [3.63, 3.8) is 0 Å².